The lowest BCUT2D eigenvalue weighted by Crippen LogP contribution is -2.29. The van der Waals surface area contributed by atoms with Crippen molar-refractivity contribution in [2.24, 2.45) is 0 Å². The summed E-state index contributed by atoms with van der Waals surface area (Å²) >= 11 is 0. The van der Waals surface area contributed by atoms with Crippen LogP contribution in [0.2, 0.25) is 0 Å². The minimum atomic E-state index is -0.0822. The molecule has 0 unspecified atom stereocenters. The van der Waals surface area contributed by atoms with Crippen LogP contribution in [-0.2, 0) is 19.2 Å². The van der Waals surface area contributed by atoms with Crippen molar-refractivity contribution in [2.75, 3.05) is 19.6 Å². The first-order chi connectivity index (χ1) is 11.5. The highest BCUT2D eigenvalue weighted by Crippen LogP contribution is 1.99. The minimum absolute atomic E-state index is 0.00454. The zero-order valence-electron chi connectivity index (χ0n) is 14.9. The molecule has 3 amide bonds. The molecule has 3 N–H and O–H groups in total. The Hall–Kier alpha value is -1.92. The first-order valence-corrected chi connectivity index (χ1v) is 8.81. The van der Waals surface area contributed by atoms with Gasteiger partial charge in [0.1, 0.15) is 5.78 Å². The fourth-order valence-corrected chi connectivity index (χ4v) is 2.04. The third-order valence-corrected chi connectivity index (χ3v) is 3.43. The fourth-order valence-electron chi connectivity index (χ4n) is 2.04. The van der Waals surface area contributed by atoms with Crippen LogP contribution in [0.5, 0.6) is 0 Å². The van der Waals surface area contributed by atoms with Crippen molar-refractivity contribution in [3.05, 3.63) is 0 Å². The van der Waals surface area contributed by atoms with Crippen molar-refractivity contribution in [1.29, 1.82) is 0 Å². The first-order valence-electron chi connectivity index (χ1n) is 8.81. The summed E-state index contributed by atoms with van der Waals surface area (Å²) in [6.45, 7) is 5.23. The molecule has 7 heteroatoms. The molecule has 24 heavy (non-hydrogen) atoms. The Kier molecular flexibility index (Phi) is 13.5. The molecule has 0 aromatic heterocycles. The van der Waals surface area contributed by atoms with E-state index in [1.54, 1.807) is 0 Å². The molecular formula is C17H31N3O4. The molecule has 0 aliphatic carbocycles. The van der Waals surface area contributed by atoms with Crippen molar-refractivity contribution in [2.45, 2.75) is 65.2 Å². The number of hydrogen-bond donors (Lipinski definition) is 3. The Labute approximate surface area is 144 Å². The molecule has 0 rings (SSSR count). The van der Waals surface area contributed by atoms with Gasteiger partial charge >= 0.3 is 0 Å². The first kappa shape index (κ1) is 22.1. The van der Waals surface area contributed by atoms with Crippen LogP contribution in [0.4, 0.5) is 0 Å². The van der Waals surface area contributed by atoms with E-state index in [9.17, 15) is 19.2 Å². The van der Waals surface area contributed by atoms with E-state index < -0.39 is 0 Å². The number of carbonyl (C=O) groups excluding carboxylic acids is 4. The normalized spacial score (nSPS) is 10.1. The van der Waals surface area contributed by atoms with Crippen molar-refractivity contribution >= 4 is 23.5 Å². The maximum atomic E-state index is 11.6. The lowest BCUT2D eigenvalue weighted by atomic mass is 10.1. The standard InChI is InChI=1S/C17H31N3O4/c1-3-14(21)8-5-9-16(23)19-13-7-11-17(24)20-12-6-10-15(22)18-4-2/h3-13H2,1-2H3,(H,18,22)(H,19,23)(H,20,24). The second-order valence-electron chi connectivity index (χ2n) is 5.61. The summed E-state index contributed by atoms with van der Waals surface area (Å²) in [6, 6.07) is 0. The fraction of sp³-hybridized carbons (Fsp3) is 0.765. The van der Waals surface area contributed by atoms with E-state index in [1.807, 2.05) is 13.8 Å². The molecule has 0 fully saturated rings. The summed E-state index contributed by atoms with van der Waals surface area (Å²) in [7, 11) is 0. The van der Waals surface area contributed by atoms with Gasteiger partial charge in [-0.25, -0.2) is 0 Å². The highest BCUT2D eigenvalue weighted by molar-refractivity contribution is 5.80. The smallest absolute Gasteiger partial charge is 0.220 e. The van der Waals surface area contributed by atoms with Gasteiger partial charge in [0.15, 0.2) is 0 Å². The van der Waals surface area contributed by atoms with E-state index in [2.05, 4.69) is 16.0 Å². The molecular weight excluding hydrogens is 310 g/mol. The third-order valence-electron chi connectivity index (χ3n) is 3.43. The summed E-state index contributed by atoms with van der Waals surface area (Å²) in [5.41, 5.74) is 0. The number of carbonyl (C=O) groups is 4. The molecule has 0 atom stereocenters. The molecule has 0 heterocycles. The lowest BCUT2D eigenvalue weighted by Gasteiger charge is -2.07. The molecule has 7 nitrogen and oxygen atoms in total. The molecule has 0 aromatic rings. The predicted molar refractivity (Wildman–Crippen MR) is 92.3 cm³/mol. The molecule has 138 valence electrons. The van der Waals surface area contributed by atoms with Crippen LogP contribution in [-0.4, -0.2) is 43.1 Å². The van der Waals surface area contributed by atoms with Gasteiger partial charge in [0.05, 0.1) is 0 Å². The summed E-state index contributed by atoms with van der Waals surface area (Å²) in [4.78, 5) is 45.4. The molecule has 0 aromatic carbocycles. The summed E-state index contributed by atoms with van der Waals surface area (Å²) in [6.07, 6.45) is 3.82. The number of amides is 3. The zero-order chi connectivity index (χ0) is 18.2. The topological polar surface area (TPSA) is 104 Å². The quantitative estimate of drug-likeness (QED) is 0.411. The number of rotatable bonds is 14. The number of Topliss-reactive ketones (excluding diaryl/α,β-unsaturated/α-hetero) is 1. The predicted octanol–water partition coefficient (Wildman–Crippen LogP) is 1.06. The average Bonchev–Trinajstić information content (AvgIpc) is 2.55. The Morgan fingerprint density at radius 3 is 1.54 bits per heavy atom. The number of nitrogens with one attached hydrogen (secondary N) is 3. The highest BCUT2D eigenvalue weighted by atomic mass is 16.2. The molecule has 0 radical (unpaired) electrons. The van der Waals surface area contributed by atoms with Crippen LogP contribution in [0.1, 0.15) is 65.2 Å². The Morgan fingerprint density at radius 2 is 1.08 bits per heavy atom. The molecule has 0 aliphatic rings. The van der Waals surface area contributed by atoms with Crippen LogP contribution in [0.25, 0.3) is 0 Å². The zero-order valence-corrected chi connectivity index (χ0v) is 14.9. The van der Waals surface area contributed by atoms with E-state index in [-0.39, 0.29) is 23.5 Å². The van der Waals surface area contributed by atoms with Crippen LogP contribution in [0.3, 0.4) is 0 Å². The second-order valence-corrected chi connectivity index (χ2v) is 5.61. The monoisotopic (exact) mass is 341 g/mol. The van der Waals surface area contributed by atoms with Gasteiger partial charge in [0, 0.05) is 51.7 Å². The van der Waals surface area contributed by atoms with Gasteiger partial charge in [-0.05, 0) is 26.2 Å². The second kappa shape index (κ2) is 14.7. The summed E-state index contributed by atoms with van der Waals surface area (Å²) < 4.78 is 0. The van der Waals surface area contributed by atoms with Crippen molar-refractivity contribution in [3.8, 4) is 0 Å². The van der Waals surface area contributed by atoms with Gasteiger partial charge in [0.2, 0.25) is 17.7 Å². The minimum Gasteiger partial charge on any atom is -0.356 e. The van der Waals surface area contributed by atoms with Crippen molar-refractivity contribution in [3.63, 3.8) is 0 Å². The Morgan fingerprint density at radius 1 is 0.625 bits per heavy atom. The van der Waals surface area contributed by atoms with Crippen molar-refractivity contribution in [1.82, 2.24) is 16.0 Å². The summed E-state index contributed by atoms with van der Waals surface area (Å²) in [5.74, 6) is 0.0108. The van der Waals surface area contributed by atoms with Gasteiger partial charge in [-0.1, -0.05) is 6.92 Å². The highest BCUT2D eigenvalue weighted by Gasteiger charge is 2.05. The molecule has 0 saturated heterocycles. The van der Waals surface area contributed by atoms with E-state index in [0.717, 1.165) is 0 Å². The molecule has 0 bridgehead atoms. The largest absolute Gasteiger partial charge is 0.356 e. The average molecular weight is 341 g/mol. The SMILES string of the molecule is CCNC(=O)CCCNC(=O)CCCNC(=O)CCCC(=O)CC. The Bertz CT molecular complexity index is 411. The number of ketones is 1. The van der Waals surface area contributed by atoms with Crippen molar-refractivity contribution < 1.29 is 19.2 Å². The van der Waals surface area contributed by atoms with Crippen LogP contribution in [0, 0.1) is 0 Å². The van der Waals surface area contributed by atoms with E-state index in [0.29, 0.717) is 71.0 Å². The van der Waals surface area contributed by atoms with E-state index in [4.69, 9.17) is 0 Å². The van der Waals surface area contributed by atoms with Crippen LogP contribution >= 0.6 is 0 Å². The van der Waals surface area contributed by atoms with E-state index in [1.165, 1.54) is 0 Å². The summed E-state index contributed by atoms with van der Waals surface area (Å²) in [5, 5.41) is 8.19. The van der Waals surface area contributed by atoms with Gasteiger partial charge in [0.25, 0.3) is 0 Å². The van der Waals surface area contributed by atoms with Crippen LogP contribution in [0.15, 0.2) is 0 Å². The van der Waals surface area contributed by atoms with Gasteiger partial charge < -0.3 is 16.0 Å². The van der Waals surface area contributed by atoms with Crippen LogP contribution < -0.4 is 16.0 Å². The van der Waals surface area contributed by atoms with Gasteiger partial charge in [-0.2, -0.15) is 0 Å². The molecule has 0 spiro atoms. The number of hydrogen-bond acceptors (Lipinski definition) is 4. The lowest BCUT2D eigenvalue weighted by molar-refractivity contribution is -0.123. The third kappa shape index (κ3) is 13.7. The van der Waals surface area contributed by atoms with Gasteiger partial charge in [-0.15, -0.1) is 0 Å². The van der Waals surface area contributed by atoms with E-state index >= 15 is 0 Å². The molecule has 0 aliphatic heterocycles. The Balaban J connectivity index is 3.49. The molecule has 0 saturated carbocycles. The maximum absolute atomic E-state index is 11.6. The van der Waals surface area contributed by atoms with Gasteiger partial charge in [-0.3, -0.25) is 19.2 Å². The maximum Gasteiger partial charge on any atom is 0.220 e.